The van der Waals surface area contributed by atoms with Gasteiger partial charge in [0, 0.05) is 4.90 Å². The standard InChI is InChI=1S/C10H12N2O2S/c1-7(10(13)14)11-12-6-8-4-2-3-5-9(8)15-12/h2-5,7,11H,6H2,1H3,(H,13,14)/t7-/m0/s1. The molecule has 2 N–H and O–H groups in total. The van der Waals surface area contributed by atoms with E-state index < -0.39 is 12.0 Å². The lowest BCUT2D eigenvalue weighted by atomic mass is 10.2. The molecule has 1 aromatic rings. The quantitative estimate of drug-likeness (QED) is 0.762. The molecular weight excluding hydrogens is 212 g/mol. The smallest absolute Gasteiger partial charge is 0.321 e. The summed E-state index contributed by atoms with van der Waals surface area (Å²) in [7, 11) is 0. The SMILES string of the molecule is C[C@H](NN1Cc2ccccc2S1)C(=O)O. The van der Waals surface area contributed by atoms with E-state index in [9.17, 15) is 4.79 Å². The first-order chi connectivity index (χ1) is 7.16. The number of nitrogens with zero attached hydrogens (tertiary/aromatic N) is 1. The number of rotatable bonds is 3. The van der Waals surface area contributed by atoms with Crippen molar-refractivity contribution < 1.29 is 9.90 Å². The molecule has 0 saturated heterocycles. The van der Waals surface area contributed by atoms with E-state index in [1.807, 2.05) is 22.6 Å². The van der Waals surface area contributed by atoms with E-state index in [0.717, 1.165) is 6.54 Å². The van der Waals surface area contributed by atoms with Gasteiger partial charge in [0.15, 0.2) is 0 Å². The van der Waals surface area contributed by atoms with E-state index in [1.54, 1.807) is 18.9 Å². The Morgan fingerprint density at radius 3 is 3.00 bits per heavy atom. The van der Waals surface area contributed by atoms with Gasteiger partial charge in [-0.2, -0.15) is 4.41 Å². The lowest BCUT2D eigenvalue weighted by Gasteiger charge is -2.17. The molecule has 0 unspecified atom stereocenters. The molecule has 5 heteroatoms. The monoisotopic (exact) mass is 224 g/mol. The van der Waals surface area contributed by atoms with Gasteiger partial charge in [-0.15, -0.1) is 0 Å². The highest BCUT2D eigenvalue weighted by Crippen LogP contribution is 2.33. The lowest BCUT2D eigenvalue weighted by molar-refractivity contribution is -0.139. The fourth-order valence-electron chi connectivity index (χ4n) is 1.37. The summed E-state index contributed by atoms with van der Waals surface area (Å²) in [5.74, 6) is -0.841. The van der Waals surface area contributed by atoms with Gasteiger partial charge in [-0.25, -0.2) is 5.43 Å². The molecule has 0 fully saturated rings. The average molecular weight is 224 g/mol. The molecule has 0 spiro atoms. The maximum Gasteiger partial charge on any atom is 0.321 e. The normalized spacial score (nSPS) is 17.4. The third-order valence-corrected chi connectivity index (χ3v) is 3.25. The van der Waals surface area contributed by atoms with Crippen molar-refractivity contribution in [3.8, 4) is 0 Å². The number of fused-ring (bicyclic) bond motifs is 1. The molecule has 1 atom stereocenters. The molecular formula is C10H12N2O2S. The summed E-state index contributed by atoms with van der Waals surface area (Å²) in [5.41, 5.74) is 4.15. The highest BCUT2D eigenvalue weighted by Gasteiger charge is 2.22. The van der Waals surface area contributed by atoms with Crippen LogP contribution in [-0.2, 0) is 11.3 Å². The molecule has 1 aliphatic heterocycles. The Labute approximate surface area is 92.4 Å². The van der Waals surface area contributed by atoms with Crippen LogP contribution in [0.25, 0.3) is 0 Å². The van der Waals surface area contributed by atoms with Crippen LogP contribution in [0.4, 0.5) is 0 Å². The van der Waals surface area contributed by atoms with E-state index in [0.29, 0.717) is 0 Å². The summed E-state index contributed by atoms with van der Waals surface area (Å²) in [6, 6.07) is 7.49. The first-order valence-corrected chi connectivity index (χ1v) is 5.46. The van der Waals surface area contributed by atoms with Crippen molar-refractivity contribution in [2.75, 3.05) is 0 Å². The zero-order valence-corrected chi connectivity index (χ0v) is 9.12. The van der Waals surface area contributed by atoms with Crippen molar-refractivity contribution >= 4 is 17.9 Å². The largest absolute Gasteiger partial charge is 0.480 e. The van der Waals surface area contributed by atoms with Crippen LogP contribution < -0.4 is 5.43 Å². The van der Waals surface area contributed by atoms with Crippen molar-refractivity contribution in [2.45, 2.75) is 24.4 Å². The Morgan fingerprint density at radius 2 is 2.33 bits per heavy atom. The van der Waals surface area contributed by atoms with Gasteiger partial charge in [0.2, 0.25) is 0 Å². The van der Waals surface area contributed by atoms with Crippen LogP contribution in [0, 0.1) is 0 Å². The predicted octanol–water partition coefficient (Wildman–Crippen LogP) is 1.49. The number of carbonyl (C=O) groups is 1. The van der Waals surface area contributed by atoms with Gasteiger partial charge in [0.1, 0.15) is 6.04 Å². The molecule has 1 aliphatic rings. The summed E-state index contributed by atoms with van der Waals surface area (Å²) >= 11 is 1.54. The fraction of sp³-hybridized carbons (Fsp3) is 0.300. The van der Waals surface area contributed by atoms with Crippen molar-refractivity contribution in [3.05, 3.63) is 29.8 Å². The Kier molecular flexibility index (Phi) is 2.95. The van der Waals surface area contributed by atoms with Crippen LogP contribution in [0.3, 0.4) is 0 Å². The maximum absolute atomic E-state index is 10.7. The lowest BCUT2D eigenvalue weighted by Crippen LogP contribution is -2.41. The minimum absolute atomic E-state index is 0.563. The van der Waals surface area contributed by atoms with Crippen molar-refractivity contribution in [2.24, 2.45) is 0 Å². The summed E-state index contributed by atoms with van der Waals surface area (Å²) < 4.78 is 1.85. The number of hydrogen-bond donors (Lipinski definition) is 2. The minimum Gasteiger partial charge on any atom is -0.480 e. The molecule has 0 bridgehead atoms. The van der Waals surface area contributed by atoms with Crippen LogP contribution in [0.5, 0.6) is 0 Å². The summed E-state index contributed by atoms with van der Waals surface area (Å²) in [6.07, 6.45) is 0. The molecule has 0 radical (unpaired) electrons. The fourth-order valence-corrected chi connectivity index (χ4v) is 2.41. The maximum atomic E-state index is 10.7. The molecule has 0 aromatic heterocycles. The van der Waals surface area contributed by atoms with E-state index >= 15 is 0 Å². The minimum atomic E-state index is -0.841. The van der Waals surface area contributed by atoms with Crippen molar-refractivity contribution in [1.29, 1.82) is 0 Å². The number of carboxylic acid groups (broad SMARTS) is 1. The number of hydrazine groups is 1. The summed E-state index contributed by atoms with van der Waals surface area (Å²) in [4.78, 5) is 11.8. The van der Waals surface area contributed by atoms with Gasteiger partial charge >= 0.3 is 5.97 Å². The molecule has 4 nitrogen and oxygen atoms in total. The van der Waals surface area contributed by atoms with E-state index in [-0.39, 0.29) is 0 Å². The van der Waals surface area contributed by atoms with Crippen LogP contribution in [0.1, 0.15) is 12.5 Å². The van der Waals surface area contributed by atoms with Crippen molar-refractivity contribution in [1.82, 2.24) is 9.84 Å². The van der Waals surface area contributed by atoms with Crippen molar-refractivity contribution in [3.63, 3.8) is 0 Å². The number of benzene rings is 1. The third kappa shape index (κ3) is 2.31. The number of aliphatic carboxylic acids is 1. The van der Waals surface area contributed by atoms with Crippen LogP contribution >= 0.6 is 11.9 Å². The number of nitrogens with one attached hydrogen (secondary N) is 1. The Balaban J connectivity index is 1.99. The number of hydrogen-bond acceptors (Lipinski definition) is 4. The van der Waals surface area contributed by atoms with Gasteiger partial charge in [0.05, 0.1) is 6.54 Å². The van der Waals surface area contributed by atoms with Crippen LogP contribution in [0.2, 0.25) is 0 Å². The number of carboxylic acids is 1. The second kappa shape index (κ2) is 4.22. The van der Waals surface area contributed by atoms with E-state index in [1.165, 1.54) is 10.5 Å². The Morgan fingerprint density at radius 1 is 1.60 bits per heavy atom. The molecule has 0 saturated carbocycles. The topological polar surface area (TPSA) is 52.6 Å². The first-order valence-electron chi connectivity index (χ1n) is 4.69. The zero-order chi connectivity index (χ0) is 10.8. The van der Waals surface area contributed by atoms with Crippen LogP contribution in [0.15, 0.2) is 29.2 Å². The third-order valence-electron chi connectivity index (χ3n) is 2.20. The highest BCUT2D eigenvalue weighted by atomic mass is 32.2. The van der Waals surface area contributed by atoms with Gasteiger partial charge in [-0.1, -0.05) is 18.2 Å². The first kappa shape index (κ1) is 10.5. The zero-order valence-electron chi connectivity index (χ0n) is 8.30. The molecule has 15 heavy (non-hydrogen) atoms. The van der Waals surface area contributed by atoms with Gasteiger partial charge < -0.3 is 5.11 Å². The Bertz CT molecular complexity index is 358. The molecule has 0 aliphatic carbocycles. The summed E-state index contributed by atoms with van der Waals surface area (Å²) in [6.45, 7) is 2.37. The molecule has 1 aromatic carbocycles. The Hall–Kier alpha value is -1.04. The van der Waals surface area contributed by atoms with Gasteiger partial charge in [-0.3, -0.25) is 4.79 Å². The van der Waals surface area contributed by atoms with Gasteiger partial charge in [0.25, 0.3) is 0 Å². The predicted molar refractivity (Wildman–Crippen MR) is 58.1 cm³/mol. The van der Waals surface area contributed by atoms with Gasteiger partial charge in [-0.05, 0) is 30.5 Å². The molecule has 80 valence electrons. The van der Waals surface area contributed by atoms with E-state index in [4.69, 9.17) is 5.11 Å². The molecule has 1 heterocycles. The second-order valence-corrected chi connectivity index (χ2v) is 4.49. The highest BCUT2D eigenvalue weighted by molar-refractivity contribution is 7.97. The average Bonchev–Trinajstić information content (AvgIpc) is 2.59. The molecule has 0 amide bonds. The van der Waals surface area contributed by atoms with E-state index in [2.05, 4.69) is 11.5 Å². The van der Waals surface area contributed by atoms with Crippen LogP contribution in [-0.4, -0.2) is 21.5 Å². The second-order valence-electron chi connectivity index (χ2n) is 3.42. The summed E-state index contributed by atoms with van der Waals surface area (Å²) in [5, 5.41) is 8.76. The molecule has 2 rings (SSSR count).